The van der Waals surface area contributed by atoms with Crippen molar-refractivity contribution in [2.24, 2.45) is 0 Å². The summed E-state index contributed by atoms with van der Waals surface area (Å²) in [5, 5.41) is 0. The van der Waals surface area contributed by atoms with Crippen LogP contribution in [-0.4, -0.2) is 23.8 Å². The van der Waals surface area contributed by atoms with Gasteiger partial charge in [0.1, 0.15) is 0 Å². The summed E-state index contributed by atoms with van der Waals surface area (Å²) >= 11 is 0. The molecule has 0 aliphatic carbocycles. The number of likely N-dealkylation sites (tertiary alicyclic amines) is 1. The van der Waals surface area contributed by atoms with Crippen LogP contribution in [0.4, 0.5) is 0 Å². The number of hydrogen-bond acceptors (Lipinski definition) is 2. The summed E-state index contributed by atoms with van der Waals surface area (Å²) < 4.78 is 0. The van der Waals surface area contributed by atoms with Gasteiger partial charge in [-0.25, -0.2) is 0 Å². The minimum atomic E-state index is 0. The number of ketones is 1. The van der Waals surface area contributed by atoms with Gasteiger partial charge in [0.05, 0.1) is 0 Å². The molecule has 2 rings (SSSR count). The Hall–Kier alpha value is -0.176. The molecule has 0 atom stereocenters. The molecule has 1 heterocycles. The molecular formula is C12H14NOY-. The summed E-state index contributed by atoms with van der Waals surface area (Å²) in [6.07, 6.45) is 2.41. The van der Waals surface area contributed by atoms with E-state index in [-0.39, 0.29) is 38.5 Å². The van der Waals surface area contributed by atoms with Gasteiger partial charge in [-0.05, 0) is 25.9 Å². The number of carbonyl (C=O) groups excluding carboxylic acids is 1. The van der Waals surface area contributed by atoms with Gasteiger partial charge >= 0.3 is 0 Å². The monoisotopic (exact) mass is 277 g/mol. The molecule has 0 unspecified atom stereocenters. The van der Waals surface area contributed by atoms with Crippen LogP contribution in [0.25, 0.3) is 0 Å². The third-order valence-electron chi connectivity index (χ3n) is 2.50. The van der Waals surface area contributed by atoms with E-state index in [9.17, 15) is 4.79 Å². The van der Waals surface area contributed by atoms with E-state index in [1.807, 2.05) is 30.3 Å². The minimum absolute atomic E-state index is 0. The van der Waals surface area contributed by atoms with E-state index in [0.717, 1.165) is 18.7 Å². The molecule has 3 heteroatoms. The van der Waals surface area contributed by atoms with E-state index in [0.29, 0.717) is 0 Å². The minimum Gasteiger partial charge on any atom is -0.356 e. The average Bonchev–Trinajstić information content (AvgIpc) is 2.72. The number of Topliss-reactive ketones (excluding diaryl/α,β-unsaturated/α-hetero) is 1. The summed E-state index contributed by atoms with van der Waals surface area (Å²) in [7, 11) is 0. The second-order valence-corrected chi connectivity index (χ2v) is 3.60. The number of hydrogen-bond donors (Lipinski definition) is 0. The third-order valence-corrected chi connectivity index (χ3v) is 2.50. The van der Waals surface area contributed by atoms with Crippen molar-refractivity contribution >= 4 is 5.78 Å². The van der Waals surface area contributed by atoms with E-state index in [1.165, 1.54) is 12.8 Å². The number of nitrogens with zero attached hydrogens (tertiary/aromatic N) is 1. The first-order valence-corrected chi connectivity index (χ1v) is 5.04. The summed E-state index contributed by atoms with van der Waals surface area (Å²) in [5.41, 5.74) is 0.777. The van der Waals surface area contributed by atoms with E-state index in [1.54, 1.807) is 6.54 Å². The standard InChI is InChI=1S/C12H14NO.Y/c14-12(10-13-8-4-5-9-13)11-6-2-1-3-7-11;/h1-3,6-7,10H,4-5,8-9H2;/q-1;. The van der Waals surface area contributed by atoms with Crippen LogP contribution in [0, 0.1) is 6.54 Å². The molecule has 0 saturated carbocycles. The fourth-order valence-corrected chi connectivity index (χ4v) is 1.71. The van der Waals surface area contributed by atoms with Gasteiger partial charge in [-0.1, -0.05) is 18.2 Å². The summed E-state index contributed by atoms with van der Waals surface area (Å²) in [4.78, 5) is 13.8. The molecule has 0 amide bonds. The molecule has 0 N–H and O–H groups in total. The predicted octanol–water partition coefficient (Wildman–Crippen LogP) is 2.12. The Bertz CT molecular complexity index is 307. The van der Waals surface area contributed by atoms with Crippen molar-refractivity contribution in [2.75, 3.05) is 13.1 Å². The van der Waals surface area contributed by atoms with Crippen molar-refractivity contribution in [1.82, 2.24) is 4.90 Å². The first kappa shape index (κ1) is 12.9. The van der Waals surface area contributed by atoms with Crippen molar-refractivity contribution in [3.63, 3.8) is 0 Å². The molecule has 0 spiro atoms. The average molecular weight is 277 g/mol. The summed E-state index contributed by atoms with van der Waals surface area (Å²) in [6.45, 7) is 3.79. The largest absolute Gasteiger partial charge is 0.356 e. The zero-order valence-electron chi connectivity index (χ0n) is 8.73. The fourth-order valence-electron chi connectivity index (χ4n) is 1.71. The second-order valence-electron chi connectivity index (χ2n) is 3.60. The molecule has 1 fully saturated rings. The van der Waals surface area contributed by atoms with E-state index < -0.39 is 0 Å². The maximum absolute atomic E-state index is 11.7. The zero-order valence-corrected chi connectivity index (χ0v) is 11.6. The van der Waals surface area contributed by atoms with Crippen LogP contribution in [0.3, 0.4) is 0 Å². The van der Waals surface area contributed by atoms with Crippen LogP contribution in [-0.2, 0) is 32.7 Å². The first-order valence-electron chi connectivity index (χ1n) is 5.04. The van der Waals surface area contributed by atoms with Gasteiger partial charge in [0.25, 0.3) is 0 Å². The molecule has 1 aliphatic heterocycles. The molecule has 1 radical (unpaired) electrons. The van der Waals surface area contributed by atoms with Crippen LogP contribution >= 0.6 is 0 Å². The second kappa shape index (κ2) is 6.42. The van der Waals surface area contributed by atoms with Gasteiger partial charge in [0, 0.05) is 38.5 Å². The SMILES string of the molecule is O=C([CH-]N1CCCC1)c1ccccc1.[Y]. The molecule has 1 saturated heterocycles. The smallest absolute Gasteiger partial charge is 0.0384 e. The van der Waals surface area contributed by atoms with Crippen LogP contribution in [0.2, 0.25) is 0 Å². The Labute approximate surface area is 116 Å². The van der Waals surface area contributed by atoms with Crippen LogP contribution in [0.1, 0.15) is 23.2 Å². The van der Waals surface area contributed by atoms with Crippen molar-refractivity contribution in [2.45, 2.75) is 12.8 Å². The van der Waals surface area contributed by atoms with Crippen LogP contribution in [0.15, 0.2) is 30.3 Å². The molecule has 1 aromatic carbocycles. The predicted molar refractivity (Wildman–Crippen MR) is 55.9 cm³/mol. The van der Waals surface area contributed by atoms with Gasteiger partial charge in [0.15, 0.2) is 0 Å². The van der Waals surface area contributed by atoms with Crippen molar-refractivity contribution in [3.05, 3.63) is 42.4 Å². The van der Waals surface area contributed by atoms with Crippen LogP contribution < -0.4 is 0 Å². The van der Waals surface area contributed by atoms with Crippen molar-refractivity contribution in [1.29, 1.82) is 0 Å². The Morgan fingerprint density at radius 3 is 2.33 bits per heavy atom. The maximum Gasteiger partial charge on any atom is 0.0384 e. The fraction of sp³-hybridized carbons (Fsp3) is 0.333. The molecule has 1 aromatic rings. The molecule has 1 aliphatic rings. The molecule has 2 nitrogen and oxygen atoms in total. The Morgan fingerprint density at radius 2 is 1.73 bits per heavy atom. The van der Waals surface area contributed by atoms with Crippen molar-refractivity contribution < 1.29 is 37.5 Å². The molecule has 0 aromatic heterocycles. The molecular weight excluding hydrogens is 263 g/mol. The van der Waals surface area contributed by atoms with Gasteiger partial charge in [-0.2, -0.15) is 0 Å². The van der Waals surface area contributed by atoms with E-state index in [4.69, 9.17) is 0 Å². The topological polar surface area (TPSA) is 20.3 Å². The Morgan fingerprint density at radius 1 is 1.13 bits per heavy atom. The van der Waals surface area contributed by atoms with Gasteiger partial charge in [-0.15, -0.1) is 24.2 Å². The quantitative estimate of drug-likeness (QED) is 0.623. The van der Waals surface area contributed by atoms with Gasteiger partial charge in [0.2, 0.25) is 0 Å². The molecule has 15 heavy (non-hydrogen) atoms. The van der Waals surface area contributed by atoms with Crippen LogP contribution in [0.5, 0.6) is 0 Å². The number of rotatable bonds is 3. The summed E-state index contributed by atoms with van der Waals surface area (Å²) in [6, 6.07) is 9.42. The number of carbonyl (C=O) groups is 1. The maximum atomic E-state index is 11.7. The third kappa shape index (κ3) is 3.71. The Kier molecular flexibility index (Phi) is 5.51. The van der Waals surface area contributed by atoms with E-state index in [2.05, 4.69) is 4.90 Å². The van der Waals surface area contributed by atoms with E-state index >= 15 is 0 Å². The van der Waals surface area contributed by atoms with Crippen molar-refractivity contribution in [3.8, 4) is 0 Å². The first-order chi connectivity index (χ1) is 6.86. The van der Waals surface area contributed by atoms with Gasteiger partial charge in [-0.3, -0.25) is 0 Å². The molecule has 0 bridgehead atoms. The van der Waals surface area contributed by atoms with Gasteiger partial charge < -0.3 is 9.69 Å². The molecule has 77 valence electrons. The Balaban J connectivity index is 0.00000112. The zero-order chi connectivity index (χ0) is 9.80. The normalized spacial score (nSPS) is 15.7. The summed E-state index contributed by atoms with van der Waals surface area (Å²) in [5.74, 6) is 0.118. The number of benzene rings is 1.